The number of halogens is 2. The van der Waals surface area contributed by atoms with Crippen molar-refractivity contribution < 1.29 is 4.79 Å². The van der Waals surface area contributed by atoms with Gasteiger partial charge in [0.05, 0.1) is 17.8 Å². The van der Waals surface area contributed by atoms with E-state index < -0.39 is 0 Å². The van der Waals surface area contributed by atoms with Crippen LogP contribution in [0.3, 0.4) is 0 Å². The van der Waals surface area contributed by atoms with E-state index in [0.29, 0.717) is 0 Å². The molecule has 0 radical (unpaired) electrons. The number of piperidine rings is 2. The maximum atomic E-state index is 12.2. The van der Waals surface area contributed by atoms with Gasteiger partial charge in [-0.05, 0) is 50.8 Å². The molecule has 0 aliphatic carbocycles. The summed E-state index contributed by atoms with van der Waals surface area (Å²) < 4.78 is 0. The Labute approximate surface area is 150 Å². The number of hydrogen-bond donors (Lipinski definition) is 2. The van der Waals surface area contributed by atoms with E-state index in [4.69, 9.17) is 0 Å². The summed E-state index contributed by atoms with van der Waals surface area (Å²) in [5.41, 5.74) is 0.798. The first-order valence-electron chi connectivity index (χ1n) is 8.05. The smallest absolute Gasteiger partial charge is 0.228 e. The van der Waals surface area contributed by atoms with E-state index in [1.165, 1.54) is 19.3 Å². The van der Waals surface area contributed by atoms with Crippen molar-refractivity contribution in [1.82, 2.24) is 10.3 Å². The van der Waals surface area contributed by atoms with Crippen LogP contribution in [-0.4, -0.2) is 37.1 Å². The third kappa shape index (κ3) is 5.52. The minimum atomic E-state index is 0. The van der Waals surface area contributed by atoms with E-state index in [1.807, 2.05) is 12.1 Å². The highest BCUT2D eigenvalue weighted by molar-refractivity contribution is 5.92. The third-order valence-electron chi connectivity index (χ3n) is 4.36. The van der Waals surface area contributed by atoms with E-state index in [2.05, 4.69) is 20.5 Å². The SMILES string of the molecule is Cl.Cl.O=C(Nc1ccc(N2CCCCC2)nc1)C1CCCNC1. The van der Waals surface area contributed by atoms with Crippen molar-refractivity contribution in [3.8, 4) is 0 Å². The predicted molar refractivity (Wildman–Crippen MR) is 99.0 cm³/mol. The van der Waals surface area contributed by atoms with Crippen LogP contribution in [0.5, 0.6) is 0 Å². The van der Waals surface area contributed by atoms with Crippen LogP contribution in [0.1, 0.15) is 32.1 Å². The third-order valence-corrected chi connectivity index (χ3v) is 4.36. The lowest BCUT2D eigenvalue weighted by Crippen LogP contribution is -2.37. The average molecular weight is 361 g/mol. The second kappa shape index (κ2) is 9.96. The van der Waals surface area contributed by atoms with Crippen LogP contribution in [-0.2, 0) is 4.79 Å². The number of rotatable bonds is 3. The molecule has 0 saturated carbocycles. The maximum Gasteiger partial charge on any atom is 0.228 e. The van der Waals surface area contributed by atoms with Crippen molar-refractivity contribution in [1.29, 1.82) is 0 Å². The molecule has 2 N–H and O–H groups in total. The summed E-state index contributed by atoms with van der Waals surface area (Å²) in [6.45, 7) is 3.99. The van der Waals surface area contributed by atoms with Crippen LogP contribution < -0.4 is 15.5 Å². The summed E-state index contributed by atoms with van der Waals surface area (Å²) in [7, 11) is 0. The molecule has 7 heteroatoms. The first-order chi connectivity index (χ1) is 10.3. The van der Waals surface area contributed by atoms with Gasteiger partial charge in [-0.1, -0.05) is 0 Å². The Morgan fingerprint density at radius 1 is 1.17 bits per heavy atom. The lowest BCUT2D eigenvalue weighted by atomic mass is 9.99. The molecule has 2 fully saturated rings. The minimum Gasteiger partial charge on any atom is -0.357 e. The van der Waals surface area contributed by atoms with E-state index in [1.54, 1.807) is 6.20 Å². The molecule has 0 spiro atoms. The van der Waals surface area contributed by atoms with Crippen molar-refractivity contribution in [3.63, 3.8) is 0 Å². The van der Waals surface area contributed by atoms with Gasteiger partial charge < -0.3 is 15.5 Å². The molecule has 23 heavy (non-hydrogen) atoms. The van der Waals surface area contributed by atoms with Crippen molar-refractivity contribution in [2.45, 2.75) is 32.1 Å². The molecule has 1 amide bonds. The van der Waals surface area contributed by atoms with Crippen molar-refractivity contribution in [3.05, 3.63) is 18.3 Å². The van der Waals surface area contributed by atoms with Crippen LogP contribution in [0.2, 0.25) is 0 Å². The number of nitrogens with one attached hydrogen (secondary N) is 2. The Morgan fingerprint density at radius 2 is 1.96 bits per heavy atom. The van der Waals surface area contributed by atoms with Gasteiger partial charge in [0.25, 0.3) is 0 Å². The molecular weight excluding hydrogens is 335 g/mol. The molecule has 0 aromatic carbocycles. The Balaban J connectivity index is 0.00000132. The fraction of sp³-hybridized carbons (Fsp3) is 0.625. The van der Waals surface area contributed by atoms with Crippen LogP contribution in [0, 0.1) is 5.92 Å². The van der Waals surface area contributed by atoms with Gasteiger partial charge in [-0.2, -0.15) is 0 Å². The molecule has 3 rings (SSSR count). The molecule has 5 nitrogen and oxygen atoms in total. The van der Waals surface area contributed by atoms with E-state index in [0.717, 1.165) is 50.5 Å². The Morgan fingerprint density at radius 3 is 2.57 bits per heavy atom. The second-order valence-electron chi connectivity index (χ2n) is 5.99. The molecule has 1 unspecified atom stereocenters. The van der Waals surface area contributed by atoms with Crippen molar-refractivity contribution in [2.75, 3.05) is 36.4 Å². The number of nitrogens with zero attached hydrogens (tertiary/aromatic N) is 2. The minimum absolute atomic E-state index is 0. The maximum absolute atomic E-state index is 12.2. The first-order valence-corrected chi connectivity index (χ1v) is 8.05. The molecule has 3 heterocycles. The quantitative estimate of drug-likeness (QED) is 0.869. The van der Waals surface area contributed by atoms with Gasteiger partial charge in [0, 0.05) is 19.6 Å². The monoisotopic (exact) mass is 360 g/mol. The first kappa shape index (κ1) is 20.0. The molecule has 2 aliphatic heterocycles. The standard InChI is InChI=1S/C16H24N4O.2ClH/c21-16(13-5-4-8-17-11-13)19-14-6-7-15(18-12-14)20-9-2-1-3-10-20;;/h6-7,12-13,17H,1-5,8-11H2,(H,19,21);2*1H. The van der Waals surface area contributed by atoms with Crippen LogP contribution in [0.15, 0.2) is 18.3 Å². The summed E-state index contributed by atoms with van der Waals surface area (Å²) >= 11 is 0. The lowest BCUT2D eigenvalue weighted by Gasteiger charge is -2.27. The zero-order valence-corrected chi connectivity index (χ0v) is 14.9. The van der Waals surface area contributed by atoms with Gasteiger partial charge in [-0.3, -0.25) is 4.79 Å². The fourth-order valence-electron chi connectivity index (χ4n) is 3.09. The summed E-state index contributed by atoms with van der Waals surface area (Å²) in [5.74, 6) is 1.21. The second-order valence-corrected chi connectivity index (χ2v) is 5.99. The Hall–Kier alpha value is -1.04. The molecule has 1 atom stereocenters. The van der Waals surface area contributed by atoms with E-state index in [9.17, 15) is 4.79 Å². The summed E-state index contributed by atoms with van der Waals surface area (Å²) in [6.07, 6.45) is 7.63. The van der Waals surface area contributed by atoms with Gasteiger partial charge >= 0.3 is 0 Å². The molecule has 2 saturated heterocycles. The highest BCUT2D eigenvalue weighted by Gasteiger charge is 2.21. The number of hydrogen-bond acceptors (Lipinski definition) is 4. The van der Waals surface area contributed by atoms with Gasteiger partial charge in [0.1, 0.15) is 5.82 Å². The largest absolute Gasteiger partial charge is 0.357 e. The predicted octanol–water partition coefficient (Wildman–Crippen LogP) is 2.85. The molecule has 0 bridgehead atoms. The number of pyridine rings is 1. The Bertz CT molecular complexity index is 471. The summed E-state index contributed by atoms with van der Waals surface area (Å²) in [6, 6.07) is 3.98. The van der Waals surface area contributed by atoms with Gasteiger partial charge in [-0.15, -0.1) is 24.8 Å². The zero-order valence-electron chi connectivity index (χ0n) is 13.3. The van der Waals surface area contributed by atoms with E-state index >= 15 is 0 Å². The number of anilines is 2. The molecule has 130 valence electrons. The summed E-state index contributed by atoms with van der Waals surface area (Å²) in [5, 5.41) is 6.25. The molecular formula is C16H26Cl2N4O. The summed E-state index contributed by atoms with van der Waals surface area (Å²) in [4.78, 5) is 19.0. The highest BCUT2D eigenvalue weighted by Crippen LogP contribution is 2.20. The number of carbonyl (C=O) groups excluding carboxylic acids is 1. The molecule has 1 aromatic heterocycles. The molecule has 2 aliphatic rings. The number of amides is 1. The van der Waals surface area contributed by atoms with Crippen LogP contribution in [0.4, 0.5) is 11.5 Å². The number of aromatic nitrogens is 1. The van der Waals surface area contributed by atoms with Crippen molar-refractivity contribution >= 4 is 42.2 Å². The topological polar surface area (TPSA) is 57.3 Å². The van der Waals surface area contributed by atoms with Gasteiger partial charge in [0.2, 0.25) is 5.91 Å². The fourth-order valence-corrected chi connectivity index (χ4v) is 3.09. The Kier molecular flexibility index (Phi) is 8.66. The average Bonchev–Trinajstić information content (AvgIpc) is 2.57. The van der Waals surface area contributed by atoms with E-state index in [-0.39, 0.29) is 36.6 Å². The lowest BCUT2D eigenvalue weighted by molar-refractivity contribution is -0.120. The number of carbonyl (C=O) groups is 1. The zero-order chi connectivity index (χ0) is 14.5. The van der Waals surface area contributed by atoms with Crippen LogP contribution in [0.25, 0.3) is 0 Å². The van der Waals surface area contributed by atoms with Gasteiger partial charge in [0.15, 0.2) is 0 Å². The van der Waals surface area contributed by atoms with Crippen LogP contribution >= 0.6 is 24.8 Å². The van der Waals surface area contributed by atoms with Crippen molar-refractivity contribution in [2.24, 2.45) is 5.92 Å². The molecule has 1 aromatic rings. The normalized spacial score (nSPS) is 20.9. The van der Waals surface area contributed by atoms with Gasteiger partial charge in [-0.25, -0.2) is 4.98 Å². The highest BCUT2D eigenvalue weighted by atomic mass is 35.5.